The Hall–Kier alpha value is -2.73. The van der Waals surface area contributed by atoms with Gasteiger partial charge in [0.2, 0.25) is 10.0 Å². The number of aryl methyl sites for hydroxylation is 1. The lowest BCUT2D eigenvalue weighted by atomic mass is 9.88. The second kappa shape index (κ2) is 11.1. The van der Waals surface area contributed by atoms with Crippen LogP contribution in [-0.2, 0) is 16.6 Å². The number of rotatable bonds is 9. The Labute approximate surface area is 211 Å². The van der Waals surface area contributed by atoms with E-state index in [0.29, 0.717) is 24.4 Å². The van der Waals surface area contributed by atoms with Crippen molar-refractivity contribution in [3.63, 3.8) is 0 Å². The molecule has 0 aliphatic carbocycles. The molecule has 34 heavy (non-hydrogen) atoms. The van der Waals surface area contributed by atoms with E-state index in [4.69, 9.17) is 0 Å². The van der Waals surface area contributed by atoms with Gasteiger partial charge in [0.15, 0.2) is 0 Å². The Balaban J connectivity index is 1.66. The van der Waals surface area contributed by atoms with Crippen LogP contribution in [0.4, 0.5) is 0 Å². The minimum absolute atomic E-state index is 0.100. The van der Waals surface area contributed by atoms with Crippen LogP contribution in [0.25, 0.3) is 0 Å². The molecule has 4 aromatic rings. The summed E-state index contributed by atoms with van der Waals surface area (Å²) in [4.78, 5) is 0.304. The highest BCUT2D eigenvalue weighted by atomic mass is 79.9. The molecule has 0 radical (unpaired) electrons. The summed E-state index contributed by atoms with van der Waals surface area (Å²) in [5, 5.41) is 0. The molecule has 0 saturated heterocycles. The van der Waals surface area contributed by atoms with Crippen molar-refractivity contribution in [2.24, 2.45) is 0 Å². The van der Waals surface area contributed by atoms with Crippen molar-refractivity contribution in [1.82, 2.24) is 4.31 Å². The summed E-state index contributed by atoms with van der Waals surface area (Å²) in [6.07, 6.45) is 0.676. The number of halogens is 1. The zero-order chi connectivity index (χ0) is 24.0. The topological polar surface area (TPSA) is 37.4 Å². The number of benzene rings is 4. The van der Waals surface area contributed by atoms with Crippen LogP contribution in [0.2, 0.25) is 0 Å². The van der Waals surface area contributed by atoms with Crippen LogP contribution in [0.1, 0.15) is 34.6 Å². The van der Waals surface area contributed by atoms with Gasteiger partial charge in [-0.3, -0.25) is 0 Å². The minimum atomic E-state index is -3.67. The average Bonchev–Trinajstić information content (AvgIpc) is 2.86. The zero-order valence-electron chi connectivity index (χ0n) is 19.1. The minimum Gasteiger partial charge on any atom is -0.207 e. The van der Waals surface area contributed by atoms with Gasteiger partial charge >= 0.3 is 0 Å². The normalized spacial score (nSPS) is 11.8. The summed E-state index contributed by atoms with van der Waals surface area (Å²) < 4.78 is 29.9. The quantitative estimate of drug-likeness (QED) is 0.228. The van der Waals surface area contributed by atoms with Crippen LogP contribution in [0.3, 0.4) is 0 Å². The number of hydrogen-bond donors (Lipinski definition) is 0. The molecule has 0 aliphatic heterocycles. The Kier molecular flexibility index (Phi) is 7.99. The van der Waals surface area contributed by atoms with Gasteiger partial charge in [-0.25, -0.2) is 8.42 Å². The Morgan fingerprint density at radius 1 is 0.735 bits per heavy atom. The third-order valence-electron chi connectivity index (χ3n) is 6.00. The molecule has 0 bridgehead atoms. The second-order valence-corrected chi connectivity index (χ2v) is 11.3. The molecule has 0 amide bonds. The fraction of sp³-hybridized carbons (Fsp3) is 0.172. The lowest BCUT2D eigenvalue weighted by Crippen LogP contribution is -2.32. The Bertz CT molecular complexity index is 1250. The first kappa shape index (κ1) is 24.4. The number of sulfonamides is 1. The maximum absolute atomic E-state index is 13.7. The van der Waals surface area contributed by atoms with Crippen molar-refractivity contribution < 1.29 is 8.42 Å². The molecule has 0 atom stereocenters. The van der Waals surface area contributed by atoms with E-state index in [1.807, 2.05) is 67.6 Å². The first-order valence-corrected chi connectivity index (χ1v) is 13.6. The highest BCUT2D eigenvalue weighted by molar-refractivity contribution is 9.10. The summed E-state index contributed by atoms with van der Waals surface area (Å²) in [6.45, 7) is 2.76. The molecular formula is C29H28BrNO2S. The average molecular weight is 535 g/mol. The summed E-state index contributed by atoms with van der Waals surface area (Å²) in [7, 11) is -3.67. The van der Waals surface area contributed by atoms with Crippen LogP contribution in [-0.4, -0.2) is 19.3 Å². The molecule has 4 rings (SSSR count). The van der Waals surface area contributed by atoms with Crippen LogP contribution in [0.15, 0.2) is 119 Å². The van der Waals surface area contributed by atoms with E-state index >= 15 is 0 Å². The van der Waals surface area contributed by atoms with E-state index in [1.54, 1.807) is 28.6 Å². The molecule has 3 nitrogen and oxygen atoms in total. The molecule has 0 unspecified atom stereocenters. The first-order valence-electron chi connectivity index (χ1n) is 11.3. The molecule has 0 N–H and O–H groups in total. The van der Waals surface area contributed by atoms with Crippen molar-refractivity contribution in [1.29, 1.82) is 0 Å². The van der Waals surface area contributed by atoms with Gasteiger partial charge in [0.05, 0.1) is 4.90 Å². The largest absolute Gasteiger partial charge is 0.243 e. The van der Waals surface area contributed by atoms with E-state index in [-0.39, 0.29) is 5.92 Å². The van der Waals surface area contributed by atoms with Crippen molar-refractivity contribution in [2.75, 3.05) is 6.54 Å². The fourth-order valence-corrected chi connectivity index (χ4v) is 5.81. The number of hydrogen-bond acceptors (Lipinski definition) is 2. The highest BCUT2D eigenvalue weighted by Gasteiger charge is 2.26. The standard InChI is InChI=1S/C29H28BrNO2S/c1-23-12-14-24(15-13-23)22-31(34(32,33)28-18-16-27(30)17-19-28)21-20-29(25-8-4-2-5-9-25)26-10-6-3-7-11-26/h2-19,29H,20-22H2,1H3. The molecular weight excluding hydrogens is 506 g/mol. The van der Waals surface area contributed by atoms with Gasteiger partial charge in [0.25, 0.3) is 0 Å². The van der Waals surface area contributed by atoms with E-state index in [2.05, 4.69) is 40.2 Å². The second-order valence-electron chi connectivity index (χ2n) is 8.44. The molecule has 0 spiro atoms. The van der Waals surface area contributed by atoms with Crippen molar-refractivity contribution in [3.8, 4) is 0 Å². The number of nitrogens with zero attached hydrogens (tertiary/aromatic N) is 1. The summed E-state index contributed by atoms with van der Waals surface area (Å²) in [5.41, 5.74) is 4.50. The van der Waals surface area contributed by atoms with Gasteiger partial charge in [0.1, 0.15) is 0 Å². The molecule has 0 aromatic heterocycles. The molecule has 174 valence electrons. The van der Waals surface area contributed by atoms with Gasteiger partial charge < -0.3 is 0 Å². The highest BCUT2D eigenvalue weighted by Crippen LogP contribution is 2.30. The SMILES string of the molecule is Cc1ccc(CN(CCC(c2ccccc2)c2ccccc2)S(=O)(=O)c2ccc(Br)cc2)cc1. The van der Waals surface area contributed by atoms with E-state index in [1.165, 1.54) is 11.1 Å². The Morgan fingerprint density at radius 2 is 1.26 bits per heavy atom. The molecule has 0 fully saturated rings. The Morgan fingerprint density at radius 3 is 1.79 bits per heavy atom. The predicted molar refractivity (Wildman–Crippen MR) is 142 cm³/mol. The van der Waals surface area contributed by atoms with E-state index in [9.17, 15) is 8.42 Å². The molecule has 0 aliphatic rings. The molecule has 4 aromatic carbocycles. The van der Waals surface area contributed by atoms with Crippen LogP contribution in [0.5, 0.6) is 0 Å². The summed E-state index contributed by atoms with van der Waals surface area (Å²) in [5.74, 6) is 0.100. The van der Waals surface area contributed by atoms with Crippen molar-refractivity contribution >= 4 is 26.0 Å². The van der Waals surface area contributed by atoms with Gasteiger partial charge in [-0.1, -0.05) is 106 Å². The fourth-order valence-electron chi connectivity index (χ4n) is 4.11. The van der Waals surface area contributed by atoms with Crippen molar-refractivity contribution in [3.05, 3.63) is 136 Å². The summed E-state index contributed by atoms with van der Waals surface area (Å²) in [6, 6.07) is 35.5. The van der Waals surface area contributed by atoms with Gasteiger partial charge in [-0.2, -0.15) is 4.31 Å². The van der Waals surface area contributed by atoms with Gasteiger partial charge in [-0.05, 0) is 54.3 Å². The monoisotopic (exact) mass is 533 g/mol. The lowest BCUT2D eigenvalue weighted by molar-refractivity contribution is 0.392. The maximum Gasteiger partial charge on any atom is 0.243 e. The van der Waals surface area contributed by atoms with Gasteiger partial charge in [-0.15, -0.1) is 0 Å². The zero-order valence-corrected chi connectivity index (χ0v) is 21.5. The summed E-state index contributed by atoms with van der Waals surface area (Å²) >= 11 is 3.40. The van der Waals surface area contributed by atoms with E-state index in [0.717, 1.165) is 15.6 Å². The first-order chi connectivity index (χ1) is 16.4. The van der Waals surface area contributed by atoms with E-state index < -0.39 is 10.0 Å². The molecule has 0 heterocycles. The molecule has 0 saturated carbocycles. The third-order valence-corrected chi connectivity index (χ3v) is 8.39. The van der Waals surface area contributed by atoms with Crippen molar-refractivity contribution in [2.45, 2.75) is 30.7 Å². The van der Waals surface area contributed by atoms with Crippen LogP contribution < -0.4 is 0 Å². The van der Waals surface area contributed by atoms with Crippen LogP contribution >= 0.6 is 15.9 Å². The molecule has 5 heteroatoms. The smallest absolute Gasteiger partial charge is 0.207 e. The predicted octanol–water partition coefficient (Wildman–Crippen LogP) is 7.17. The van der Waals surface area contributed by atoms with Crippen LogP contribution in [0, 0.1) is 6.92 Å². The third kappa shape index (κ3) is 6.03. The lowest BCUT2D eigenvalue weighted by Gasteiger charge is -2.26. The van der Waals surface area contributed by atoms with Gasteiger partial charge in [0, 0.05) is 23.5 Å². The maximum atomic E-state index is 13.7.